The fourth-order valence-corrected chi connectivity index (χ4v) is 3.31. The molecule has 0 unspecified atom stereocenters. The largest absolute Gasteiger partial charge is 0.371 e. The third kappa shape index (κ3) is 7.88. The minimum atomic E-state index is -0.133. The SMILES string of the molecule is CN=C(NCc1cccc(COC(C)(C)C)c1)N1CCN(Cc2ccon2)CC1.I. The number of aromatic nitrogens is 1. The van der Waals surface area contributed by atoms with Gasteiger partial charge in [-0.25, -0.2) is 0 Å². The van der Waals surface area contributed by atoms with Gasteiger partial charge in [0.25, 0.3) is 0 Å². The molecule has 1 aliphatic heterocycles. The number of benzene rings is 1. The molecule has 0 amide bonds. The van der Waals surface area contributed by atoms with Crippen LogP contribution < -0.4 is 5.32 Å². The first kappa shape index (κ1) is 24.6. The van der Waals surface area contributed by atoms with Gasteiger partial charge in [0, 0.05) is 52.4 Å². The zero-order chi connectivity index (χ0) is 20.7. The van der Waals surface area contributed by atoms with Gasteiger partial charge in [-0.2, -0.15) is 0 Å². The van der Waals surface area contributed by atoms with Crippen LogP contribution >= 0.6 is 24.0 Å². The molecule has 1 aliphatic rings. The second kappa shape index (κ2) is 11.7. The number of hydrogen-bond acceptors (Lipinski definition) is 5. The Morgan fingerprint density at radius 3 is 2.53 bits per heavy atom. The number of aliphatic imine (C=N–C) groups is 1. The molecule has 1 N–H and O–H groups in total. The summed E-state index contributed by atoms with van der Waals surface area (Å²) in [4.78, 5) is 9.18. The standard InChI is InChI=1S/C22H33N5O2.HI/c1-22(2,3)28-17-19-7-5-6-18(14-19)15-24-21(23-4)27-11-9-26(10-12-27)16-20-8-13-29-25-20;/h5-8,13-14H,9-12,15-17H2,1-4H3,(H,23,24);1H. The van der Waals surface area contributed by atoms with Crippen LogP contribution in [0.25, 0.3) is 0 Å². The molecule has 0 atom stereocenters. The summed E-state index contributed by atoms with van der Waals surface area (Å²) < 4.78 is 10.8. The maximum Gasteiger partial charge on any atom is 0.194 e. The van der Waals surface area contributed by atoms with Gasteiger partial charge < -0.3 is 19.5 Å². The Morgan fingerprint density at radius 1 is 1.17 bits per heavy atom. The summed E-state index contributed by atoms with van der Waals surface area (Å²) in [6, 6.07) is 10.5. The molecule has 7 nitrogen and oxygen atoms in total. The Balaban J connectivity index is 0.00000320. The lowest BCUT2D eigenvalue weighted by molar-refractivity contribution is -0.0149. The quantitative estimate of drug-likeness (QED) is 0.353. The molecule has 8 heteroatoms. The van der Waals surface area contributed by atoms with Gasteiger partial charge in [-0.3, -0.25) is 9.89 Å². The molecule has 1 aromatic carbocycles. The zero-order valence-electron chi connectivity index (χ0n) is 18.4. The molecule has 1 fully saturated rings. The van der Waals surface area contributed by atoms with Crippen LogP contribution in [-0.2, 0) is 24.4 Å². The van der Waals surface area contributed by atoms with E-state index in [0.29, 0.717) is 6.61 Å². The smallest absolute Gasteiger partial charge is 0.194 e. The van der Waals surface area contributed by atoms with Crippen LogP contribution in [0.5, 0.6) is 0 Å². The van der Waals surface area contributed by atoms with Crippen molar-refractivity contribution in [3.63, 3.8) is 0 Å². The van der Waals surface area contributed by atoms with Crippen molar-refractivity contribution in [3.8, 4) is 0 Å². The first-order valence-electron chi connectivity index (χ1n) is 10.2. The van der Waals surface area contributed by atoms with Crippen molar-refractivity contribution in [2.24, 2.45) is 4.99 Å². The topological polar surface area (TPSA) is 66.1 Å². The molecular formula is C22H34IN5O2. The molecule has 166 valence electrons. The van der Waals surface area contributed by atoms with E-state index in [0.717, 1.165) is 50.9 Å². The number of halogens is 1. The summed E-state index contributed by atoms with van der Waals surface area (Å²) in [5.74, 6) is 0.947. The van der Waals surface area contributed by atoms with Gasteiger partial charge in [0.2, 0.25) is 0 Å². The van der Waals surface area contributed by atoms with Gasteiger partial charge in [0.15, 0.2) is 5.96 Å². The van der Waals surface area contributed by atoms with E-state index in [1.807, 2.05) is 13.1 Å². The molecule has 2 aromatic rings. The Labute approximate surface area is 196 Å². The summed E-state index contributed by atoms with van der Waals surface area (Å²) in [6.45, 7) is 12.3. The monoisotopic (exact) mass is 527 g/mol. The number of ether oxygens (including phenoxy) is 1. The molecule has 0 bridgehead atoms. The number of nitrogens with one attached hydrogen (secondary N) is 1. The molecule has 2 heterocycles. The highest BCUT2D eigenvalue weighted by molar-refractivity contribution is 14.0. The van der Waals surface area contributed by atoms with E-state index in [9.17, 15) is 0 Å². The van der Waals surface area contributed by atoms with Crippen molar-refractivity contribution in [3.05, 3.63) is 53.4 Å². The highest BCUT2D eigenvalue weighted by atomic mass is 127. The van der Waals surface area contributed by atoms with Crippen molar-refractivity contribution in [2.45, 2.75) is 46.1 Å². The molecular weight excluding hydrogens is 493 g/mol. The average molecular weight is 527 g/mol. The van der Waals surface area contributed by atoms with Crippen molar-refractivity contribution >= 4 is 29.9 Å². The number of hydrogen-bond donors (Lipinski definition) is 1. The van der Waals surface area contributed by atoms with E-state index in [4.69, 9.17) is 9.26 Å². The normalized spacial score (nSPS) is 15.7. The molecule has 0 saturated carbocycles. The van der Waals surface area contributed by atoms with E-state index in [1.54, 1.807) is 6.26 Å². The molecule has 1 aromatic heterocycles. The summed E-state index contributed by atoms with van der Waals surface area (Å²) in [7, 11) is 1.84. The first-order chi connectivity index (χ1) is 13.9. The Hall–Kier alpha value is -1.65. The zero-order valence-corrected chi connectivity index (χ0v) is 20.8. The van der Waals surface area contributed by atoms with Crippen LogP contribution in [0.3, 0.4) is 0 Å². The van der Waals surface area contributed by atoms with E-state index in [-0.39, 0.29) is 29.6 Å². The summed E-state index contributed by atoms with van der Waals surface area (Å²) in [6.07, 6.45) is 1.63. The van der Waals surface area contributed by atoms with Gasteiger partial charge in [-0.15, -0.1) is 24.0 Å². The van der Waals surface area contributed by atoms with Crippen molar-refractivity contribution in [2.75, 3.05) is 33.2 Å². The van der Waals surface area contributed by atoms with Gasteiger partial charge in [0.05, 0.1) is 17.9 Å². The number of guanidine groups is 1. The fourth-order valence-electron chi connectivity index (χ4n) is 3.31. The van der Waals surface area contributed by atoms with Crippen LogP contribution in [0, 0.1) is 0 Å². The third-order valence-electron chi connectivity index (χ3n) is 4.87. The Morgan fingerprint density at radius 2 is 1.90 bits per heavy atom. The average Bonchev–Trinajstić information content (AvgIpc) is 3.21. The minimum Gasteiger partial charge on any atom is -0.371 e. The summed E-state index contributed by atoms with van der Waals surface area (Å²) in [5, 5.41) is 7.51. The second-order valence-electron chi connectivity index (χ2n) is 8.38. The van der Waals surface area contributed by atoms with E-state index >= 15 is 0 Å². The van der Waals surface area contributed by atoms with Crippen LogP contribution in [0.1, 0.15) is 37.6 Å². The fraction of sp³-hybridized carbons (Fsp3) is 0.545. The highest BCUT2D eigenvalue weighted by Gasteiger charge is 2.20. The lowest BCUT2D eigenvalue weighted by Crippen LogP contribution is -2.52. The van der Waals surface area contributed by atoms with Crippen LogP contribution in [0.4, 0.5) is 0 Å². The van der Waals surface area contributed by atoms with Gasteiger partial charge in [-0.05, 0) is 31.9 Å². The minimum absolute atomic E-state index is 0. The molecule has 0 radical (unpaired) electrons. The van der Waals surface area contributed by atoms with Crippen LogP contribution in [-0.4, -0.2) is 59.7 Å². The first-order valence-corrected chi connectivity index (χ1v) is 10.2. The number of piperazine rings is 1. The third-order valence-corrected chi connectivity index (χ3v) is 4.87. The van der Waals surface area contributed by atoms with Gasteiger partial charge >= 0.3 is 0 Å². The van der Waals surface area contributed by atoms with Crippen LogP contribution in [0.2, 0.25) is 0 Å². The van der Waals surface area contributed by atoms with E-state index < -0.39 is 0 Å². The van der Waals surface area contributed by atoms with Gasteiger partial charge in [-0.1, -0.05) is 29.4 Å². The van der Waals surface area contributed by atoms with Crippen molar-refractivity contribution < 1.29 is 9.26 Å². The van der Waals surface area contributed by atoms with Gasteiger partial charge in [0.1, 0.15) is 6.26 Å². The lowest BCUT2D eigenvalue weighted by atomic mass is 10.1. The predicted octanol–water partition coefficient (Wildman–Crippen LogP) is 3.50. The number of nitrogens with zero attached hydrogens (tertiary/aromatic N) is 4. The molecule has 0 spiro atoms. The summed E-state index contributed by atoms with van der Waals surface area (Å²) >= 11 is 0. The van der Waals surface area contributed by atoms with Crippen LogP contribution in [0.15, 0.2) is 46.1 Å². The Bertz CT molecular complexity index is 781. The Kier molecular flexibility index (Phi) is 9.57. The second-order valence-corrected chi connectivity index (χ2v) is 8.38. The van der Waals surface area contributed by atoms with Crippen molar-refractivity contribution in [1.29, 1.82) is 0 Å². The van der Waals surface area contributed by atoms with E-state index in [1.165, 1.54) is 11.1 Å². The van der Waals surface area contributed by atoms with E-state index in [2.05, 4.69) is 70.3 Å². The highest BCUT2D eigenvalue weighted by Crippen LogP contribution is 2.13. The number of rotatable bonds is 6. The molecule has 3 rings (SSSR count). The maximum atomic E-state index is 5.89. The predicted molar refractivity (Wildman–Crippen MR) is 130 cm³/mol. The molecule has 1 saturated heterocycles. The van der Waals surface area contributed by atoms with Crippen molar-refractivity contribution in [1.82, 2.24) is 20.3 Å². The molecule has 0 aliphatic carbocycles. The lowest BCUT2D eigenvalue weighted by Gasteiger charge is -2.36. The molecule has 30 heavy (non-hydrogen) atoms. The summed E-state index contributed by atoms with van der Waals surface area (Å²) in [5.41, 5.74) is 3.27. The maximum absolute atomic E-state index is 5.89.